The zero-order valence-corrected chi connectivity index (χ0v) is 12.7. The van der Waals surface area contributed by atoms with Crippen LogP contribution in [0.4, 0.5) is 0 Å². The van der Waals surface area contributed by atoms with Gasteiger partial charge in [0.05, 0.1) is 6.10 Å². The minimum absolute atomic E-state index is 0.0489. The van der Waals surface area contributed by atoms with Crippen LogP contribution in [0.3, 0.4) is 0 Å². The Kier molecular flexibility index (Phi) is 5.11. The van der Waals surface area contributed by atoms with Gasteiger partial charge in [-0.1, -0.05) is 6.92 Å². The zero-order chi connectivity index (χ0) is 14.6. The van der Waals surface area contributed by atoms with Crippen molar-refractivity contribution in [2.45, 2.75) is 52.7 Å². The van der Waals surface area contributed by atoms with E-state index in [1.54, 1.807) is 0 Å². The van der Waals surface area contributed by atoms with E-state index in [-0.39, 0.29) is 28.7 Å². The third-order valence-electron chi connectivity index (χ3n) is 2.35. The lowest BCUT2D eigenvalue weighted by molar-refractivity contribution is 0.0910. The molecule has 1 unspecified atom stereocenters. The molecule has 1 amide bonds. The third kappa shape index (κ3) is 5.03. The number of aromatic nitrogens is 2. The molecular formula is C13H20ClN3O2. The number of hydrogen-bond donors (Lipinski definition) is 1. The Morgan fingerprint density at radius 3 is 2.68 bits per heavy atom. The van der Waals surface area contributed by atoms with Crippen LogP contribution in [0.25, 0.3) is 0 Å². The molecule has 0 bridgehead atoms. The SMILES string of the molecule is CCC(C)Oc1nc(Cl)ncc1C(=O)NC(C)(C)C. The van der Waals surface area contributed by atoms with Crippen molar-refractivity contribution < 1.29 is 9.53 Å². The molecular weight excluding hydrogens is 266 g/mol. The lowest BCUT2D eigenvalue weighted by Crippen LogP contribution is -2.41. The molecule has 5 nitrogen and oxygen atoms in total. The second-order valence-corrected chi connectivity index (χ2v) is 5.74. The van der Waals surface area contributed by atoms with Gasteiger partial charge in [-0.25, -0.2) is 4.98 Å². The average Bonchev–Trinajstić information content (AvgIpc) is 2.26. The second-order valence-electron chi connectivity index (χ2n) is 5.40. The molecule has 0 saturated carbocycles. The normalized spacial score (nSPS) is 12.9. The summed E-state index contributed by atoms with van der Waals surface area (Å²) in [6.45, 7) is 9.59. The van der Waals surface area contributed by atoms with Crippen LogP contribution in [-0.4, -0.2) is 27.5 Å². The highest BCUT2D eigenvalue weighted by molar-refractivity contribution is 6.28. The fraction of sp³-hybridized carbons (Fsp3) is 0.615. The monoisotopic (exact) mass is 285 g/mol. The van der Waals surface area contributed by atoms with E-state index >= 15 is 0 Å². The quantitative estimate of drug-likeness (QED) is 0.864. The van der Waals surface area contributed by atoms with Crippen molar-refractivity contribution >= 4 is 17.5 Å². The number of rotatable bonds is 4. The summed E-state index contributed by atoms with van der Waals surface area (Å²) < 4.78 is 5.61. The highest BCUT2D eigenvalue weighted by Gasteiger charge is 2.21. The number of nitrogens with one attached hydrogen (secondary N) is 1. The van der Waals surface area contributed by atoms with Gasteiger partial charge in [0.15, 0.2) is 0 Å². The van der Waals surface area contributed by atoms with Gasteiger partial charge in [-0.15, -0.1) is 0 Å². The van der Waals surface area contributed by atoms with Crippen LogP contribution < -0.4 is 10.1 Å². The van der Waals surface area contributed by atoms with Crippen LogP contribution in [0.15, 0.2) is 6.20 Å². The number of carbonyl (C=O) groups excluding carboxylic acids is 1. The van der Waals surface area contributed by atoms with Gasteiger partial charge in [0.25, 0.3) is 5.91 Å². The summed E-state index contributed by atoms with van der Waals surface area (Å²) >= 11 is 5.75. The van der Waals surface area contributed by atoms with Crippen molar-refractivity contribution in [3.63, 3.8) is 0 Å². The summed E-state index contributed by atoms with van der Waals surface area (Å²) in [7, 11) is 0. The van der Waals surface area contributed by atoms with Crippen LogP contribution >= 0.6 is 11.6 Å². The highest BCUT2D eigenvalue weighted by Crippen LogP contribution is 2.19. The summed E-state index contributed by atoms with van der Waals surface area (Å²) in [6, 6.07) is 0. The molecule has 1 N–H and O–H groups in total. The van der Waals surface area contributed by atoms with E-state index in [0.29, 0.717) is 5.56 Å². The van der Waals surface area contributed by atoms with Crippen LogP contribution in [0, 0.1) is 0 Å². The number of ether oxygens (including phenoxy) is 1. The maximum absolute atomic E-state index is 12.1. The lowest BCUT2D eigenvalue weighted by Gasteiger charge is -2.21. The summed E-state index contributed by atoms with van der Waals surface area (Å²) in [5.41, 5.74) is -0.0516. The Morgan fingerprint density at radius 2 is 2.16 bits per heavy atom. The van der Waals surface area contributed by atoms with Crippen molar-refractivity contribution in [1.82, 2.24) is 15.3 Å². The van der Waals surface area contributed by atoms with Crippen LogP contribution in [0.5, 0.6) is 5.88 Å². The first-order valence-electron chi connectivity index (χ1n) is 6.24. The minimum Gasteiger partial charge on any atom is -0.474 e. The molecule has 0 spiro atoms. The highest BCUT2D eigenvalue weighted by atomic mass is 35.5. The Hall–Kier alpha value is -1.36. The Balaban J connectivity index is 3.02. The molecule has 1 aromatic rings. The Bertz CT molecular complexity index is 458. The first-order valence-corrected chi connectivity index (χ1v) is 6.62. The predicted molar refractivity (Wildman–Crippen MR) is 74.6 cm³/mol. The van der Waals surface area contributed by atoms with Gasteiger partial charge in [0, 0.05) is 11.7 Å². The molecule has 1 aromatic heterocycles. The second kappa shape index (κ2) is 6.19. The zero-order valence-electron chi connectivity index (χ0n) is 12.0. The molecule has 0 aliphatic heterocycles. The number of halogens is 1. The molecule has 0 aliphatic rings. The number of nitrogens with zero attached hydrogens (tertiary/aromatic N) is 2. The van der Waals surface area contributed by atoms with E-state index in [2.05, 4.69) is 15.3 Å². The topological polar surface area (TPSA) is 64.1 Å². The van der Waals surface area contributed by atoms with Crippen LogP contribution in [-0.2, 0) is 0 Å². The summed E-state index contributed by atoms with van der Waals surface area (Å²) in [5.74, 6) is -0.0569. The van der Waals surface area contributed by atoms with Crippen molar-refractivity contribution in [3.05, 3.63) is 17.0 Å². The Labute approximate surface area is 118 Å². The molecule has 6 heteroatoms. The number of carbonyl (C=O) groups is 1. The average molecular weight is 286 g/mol. The van der Waals surface area contributed by atoms with Crippen LogP contribution in [0.1, 0.15) is 51.4 Å². The van der Waals surface area contributed by atoms with Gasteiger partial charge >= 0.3 is 0 Å². The summed E-state index contributed by atoms with van der Waals surface area (Å²) in [4.78, 5) is 20.0. The van der Waals surface area contributed by atoms with E-state index in [1.807, 2.05) is 34.6 Å². The van der Waals surface area contributed by atoms with Crippen molar-refractivity contribution in [2.24, 2.45) is 0 Å². The van der Waals surface area contributed by atoms with Crippen molar-refractivity contribution in [3.8, 4) is 5.88 Å². The van der Waals surface area contributed by atoms with Crippen LogP contribution in [0.2, 0.25) is 5.28 Å². The summed E-state index contributed by atoms with van der Waals surface area (Å²) in [6.07, 6.45) is 2.14. The maximum Gasteiger partial charge on any atom is 0.258 e. The minimum atomic E-state index is -0.343. The summed E-state index contributed by atoms with van der Waals surface area (Å²) in [5, 5.41) is 2.91. The first-order chi connectivity index (χ1) is 8.73. The molecule has 0 fully saturated rings. The maximum atomic E-state index is 12.1. The standard InChI is InChI=1S/C13H20ClN3O2/c1-6-8(2)19-11-9(7-15-12(14)16-11)10(18)17-13(3,4)5/h7-8H,6H2,1-5H3,(H,17,18). The number of hydrogen-bond acceptors (Lipinski definition) is 4. The van der Waals surface area contributed by atoms with E-state index < -0.39 is 0 Å². The largest absolute Gasteiger partial charge is 0.474 e. The first kappa shape index (κ1) is 15.7. The van der Waals surface area contributed by atoms with Gasteiger partial charge in [-0.2, -0.15) is 4.98 Å². The van der Waals surface area contributed by atoms with Gasteiger partial charge in [0.2, 0.25) is 11.2 Å². The predicted octanol–water partition coefficient (Wildman–Crippen LogP) is 2.84. The van der Waals surface area contributed by atoms with E-state index in [0.717, 1.165) is 6.42 Å². The van der Waals surface area contributed by atoms with Gasteiger partial charge in [-0.3, -0.25) is 4.79 Å². The molecule has 0 aliphatic carbocycles. The van der Waals surface area contributed by atoms with E-state index in [4.69, 9.17) is 16.3 Å². The van der Waals surface area contributed by atoms with Gasteiger partial charge < -0.3 is 10.1 Å². The molecule has 0 aromatic carbocycles. The molecule has 0 saturated heterocycles. The smallest absolute Gasteiger partial charge is 0.258 e. The van der Waals surface area contributed by atoms with E-state index in [1.165, 1.54) is 6.20 Å². The van der Waals surface area contributed by atoms with E-state index in [9.17, 15) is 4.79 Å². The Morgan fingerprint density at radius 1 is 1.53 bits per heavy atom. The van der Waals surface area contributed by atoms with Gasteiger partial charge in [-0.05, 0) is 45.7 Å². The molecule has 106 valence electrons. The van der Waals surface area contributed by atoms with Crippen molar-refractivity contribution in [1.29, 1.82) is 0 Å². The fourth-order valence-electron chi connectivity index (χ4n) is 1.27. The molecule has 19 heavy (non-hydrogen) atoms. The molecule has 1 rings (SSSR count). The third-order valence-corrected chi connectivity index (χ3v) is 2.53. The van der Waals surface area contributed by atoms with Crippen molar-refractivity contribution in [2.75, 3.05) is 0 Å². The van der Waals surface area contributed by atoms with Gasteiger partial charge in [0.1, 0.15) is 5.56 Å². The number of amides is 1. The molecule has 1 heterocycles. The molecule has 0 radical (unpaired) electrons. The lowest BCUT2D eigenvalue weighted by atomic mass is 10.1. The molecule has 1 atom stereocenters. The fourth-order valence-corrected chi connectivity index (χ4v) is 1.40.